The molecule has 5 rings (SSSR count). The van der Waals surface area contributed by atoms with Gasteiger partial charge >= 0.3 is 0 Å². The number of hydrogen-bond acceptors (Lipinski definition) is 0. The molecule has 0 saturated heterocycles. The molecule has 0 N–H and O–H groups in total. The second kappa shape index (κ2) is 12.5. The fourth-order valence-electron chi connectivity index (χ4n) is 8.51. The van der Waals surface area contributed by atoms with Gasteiger partial charge in [0.15, 0.2) is 0 Å². The molecule has 0 nitrogen and oxygen atoms in total. The highest BCUT2D eigenvalue weighted by Gasteiger charge is 2.42. The minimum absolute atomic E-state index is 0.126. The van der Waals surface area contributed by atoms with E-state index < -0.39 is 0 Å². The molecule has 0 amide bonds. The molecule has 5 aliphatic carbocycles. The van der Waals surface area contributed by atoms with Crippen molar-refractivity contribution in [3.63, 3.8) is 0 Å². The molecule has 0 aromatic heterocycles. The molecular weight excluding hydrogens is 434 g/mol. The summed E-state index contributed by atoms with van der Waals surface area (Å²) in [5, 5.41) is 0. The van der Waals surface area contributed by atoms with Gasteiger partial charge in [-0.05, 0) is 79.7 Å². The Bertz CT molecular complexity index is 606. The highest BCUT2D eigenvalue weighted by Crippen LogP contribution is 2.66. The number of rotatable bonds is 7. The Balaban J connectivity index is 1.39. The SMILES string of the molecule is C[C@H](C1=CC=CC1P(C1CCCCC1)C1CCCCC1)P(C1CCCCC1)C1CCCCC1. The molecule has 33 heavy (non-hydrogen) atoms. The second-order valence-corrected chi connectivity index (χ2v) is 18.3. The van der Waals surface area contributed by atoms with Gasteiger partial charge < -0.3 is 0 Å². The van der Waals surface area contributed by atoms with Gasteiger partial charge in [-0.15, -0.1) is 0 Å². The summed E-state index contributed by atoms with van der Waals surface area (Å²) in [7, 11) is 0.272. The van der Waals surface area contributed by atoms with Crippen LogP contribution in [-0.2, 0) is 0 Å². The van der Waals surface area contributed by atoms with Gasteiger partial charge in [-0.1, -0.05) is 124 Å². The minimum Gasteiger partial charge on any atom is -0.0932 e. The summed E-state index contributed by atoms with van der Waals surface area (Å²) in [6, 6.07) is 0. The lowest BCUT2D eigenvalue weighted by Crippen LogP contribution is -2.31. The van der Waals surface area contributed by atoms with E-state index in [0.717, 1.165) is 34.0 Å². The van der Waals surface area contributed by atoms with Crippen molar-refractivity contribution in [2.24, 2.45) is 0 Å². The van der Waals surface area contributed by atoms with Gasteiger partial charge in [0.2, 0.25) is 0 Å². The lowest BCUT2D eigenvalue weighted by atomic mass is 9.99. The van der Waals surface area contributed by atoms with E-state index in [1.807, 2.05) is 5.57 Å². The first-order chi connectivity index (χ1) is 16.3. The van der Waals surface area contributed by atoms with Crippen molar-refractivity contribution in [3.8, 4) is 0 Å². The Morgan fingerprint density at radius 3 is 1.39 bits per heavy atom. The van der Waals surface area contributed by atoms with Crippen LogP contribution in [0.3, 0.4) is 0 Å². The first-order valence-corrected chi connectivity index (χ1v) is 18.4. The van der Waals surface area contributed by atoms with Crippen molar-refractivity contribution in [3.05, 3.63) is 23.8 Å². The third-order valence-corrected chi connectivity index (χ3v) is 17.9. The van der Waals surface area contributed by atoms with Crippen LogP contribution >= 0.6 is 15.8 Å². The summed E-state index contributed by atoms with van der Waals surface area (Å²) in [6.07, 6.45) is 38.8. The third kappa shape index (κ3) is 6.02. The van der Waals surface area contributed by atoms with Gasteiger partial charge in [0, 0.05) is 5.66 Å². The summed E-state index contributed by atoms with van der Waals surface area (Å²) in [4.78, 5) is 0. The monoisotopic (exact) mass is 486 g/mol. The van der Waals surface area contributed by atoms with Crippen LogP contribution in [0.4, 0.5) is 0 Å². The molecule has 0 heterocycles. The van der Waals surface area contributed by atoms with Gasteiger partial charge in [0.05, 0.1) is 0 Å². The van der Waals surface area contributed by atoms with Crippen molar-refractivity contribution in [1.29, 1.82) is 0 Å². The smallest absolute Gasteiger partial charge is 0.0197 e. The largest absolute Gasteiger partial charge is 0.0932 e. The molecule has 0 aromatic rings. The summed E-state index contributed by atoms with van der Waals surface area (Å²) >= 11 is 0. The Morgan fingerprint density at radius 2 is 0.970 bits per heavy atom. The third-order valence-electron chi connectivity index (χ3n) is 10.2. The quantitative estimate of drug-likeness (QED) is 0.314. The molecular formula is C31H52P2. The van der Waals surface area contributed by atoms with Crippen molar-refractivity contribution in [2.45, 2.75) is 169 Å². The molecule has 0 radical (unpaired) electrons. The standard InChI is InChI=1S/C31H52P2/c1-25(32(26-15-6-2-7-16-26)27-17-8-3-9-18-27)30-23-14-24-31(30)33(28-19-10-4-11-20-28)29-21-12-5-13-22-29/h14,23-29,31H,2-13,15-22H2,1H3/t25-,31?/m1/s1. The maximum absolute atomic E-state index is 2.75. The summed E-state index contributed by atoms with van der Waals surface area (Å²) in [5.41, 5.74) is 8.04. The summed E-state index contributed by atoms with van der Waals surface area (Å²) in [6.45, 7) is 2.75. The normalized spacial score (nSPS) is 30.3. The summed E-state index contributed by atoms with van der Waals surface area (Å²) in [5.74, 6) is 0. The average molecular weight is 487 g/mol. The Hall–Kier alpha value is 0.340. The molecule has 0 aromatic carbocycles. The van der Waals surface area contributed by atoms with Crippen molar-refractivity contribution >= 4 is 15.8 Å². The molecule has 5 aliphatic rings. The molecule has 0 bridgehead atoms. The highest BCUT2D eigenvalue weighted by molar-refractivity contribution is 7.61. The first-order valence-electron chi connectivity index (χ1n) is 15.3. The van der Waals surface area contributed by atoms with E-state index in [9.17, 15) is 0 Å². The molecule has 186 valence electrons. The fourth-order valence-corrected chi connectivity index (χ4v) is 17.4. The average Bonchev–Trinajstić information content (AvgIpc) is 3.36. The van der Waals surface area contributed by atoms with E-state index in [2.05, 4.69) is 25.2 Å². The van der Waals surface area contributed by atoms with E-state index in [0.29, 0.717) is 0 Å². The summed E-state index contributed by atoms with van der Waals surface area (Å²) < 4.78 is 0. The van der Waals surface area contributed by atoms with Gasteiger partial charge in [0.25, 0.3) is 0 Å². The van der Waals surface area contributed by atoms with Crippen molar-refractivity contribution in [1.82, 2.24) is 0 Å². The van der Waals surface area contributed by atoms with Crippen LogP contribution in [0.2, 0.25) is 0 Å². The fraction of sp³-hybridized carbons (Fsp3) is 0.871. The van der Waals surface area contributed by atoms with Crippen LogP contribution in [-0.4, -0.2) is 34.0 Å². The number of hydrogen-bond donors (Lipinski definition) is 0. The molecule has 1 unspecified atom stereocenters. The van der Waals surface area contributed by atoms with E-state index in [-0.39, 0.29) is 15.8 Å². The van der Waals surface area contributed by atoms with Gasteiger partial charge in [-0.3, -0.25) is 0 Å². The Kier molecular flexibility index (Phi) is 9.50. The second-order valence-electron chi connectivity index (χ2n) is 12.2. The van der Waals surface area contributed by atoms with Crippen molar-refractivity contribution < 1.29 is 0 Å². The van der Waals surface area contributed by atoms with E-state index >= 15 is 0 Å². The number of allylic oxidation sites excluding steroid dienone is 4. The lowest BCUT2D eigenvalue weighted by Gasteiger charge is -2.46. The van der Waals surface area contributed by atoms with Crippen LogP contribution in [0.15, 0.2) is 23.8 Å². The maximum atomic E-state index is 2.75. The minimum atomic E-state index is 0.126. The Labute approximate surface area is 208 Å². The molecule has 2 heteroatoms. The van der Waals surface area contributed by atoms with Gasteiger partial charge in [-0.2, -0.15) is 0 Å². The molecule has 4 fully saturated rings. The van der Waals surface area contributed by atoms with Crippen LogP contribution in [0.1, 0.15) is 135 Å². The maximum Gasteiger partial charge on any atom is 0.0197 e. The van der Waals surface area contributed by atoms with Crippen LogP contribution in [0.5, 0.6) is 0 Å². The Morgan fingerprint density at radius 1 is 0.576 bits per heavy atom. The topological polar surface area (TPSA) is 0 Å². The van der Waals surface area contributed by atoms with Crippen LogP contribution in [0, 0.1) is 0 Å². The van der Waals surface area contributed by atoms with Gasteiger partial charge in [0.1, 0.15) is 0 Å². The van der Waals surface area contributed by atoms with Crippen molar-refractivity contribution in [2.75, 3.05) is 0 Å². The van der Waals surface area contributed by atoms with Gasteiger partial charge in [-0.25, -0.2) is 0 Å². The predicted molar refractivity (Wildman–Crippen MR) is 152 cm³/mol. The zero-order valence-electron chi connectivity index (χ0n) is 21.7. The predicted octanol–water partition coefficient (Wildman–Crippen LogP) is 10.5. The van der Waals surface area contributed by atoms with E-state index in [1.54, 1.807) is 51.4 Å². The molecule has 0 aliphatic heterocycles. The van der Waals surface area contributed by atoms with Crippen LogP contribution in [0.25, 0.3) is 0 Å². The zero-order valence-corrected chi connectivity index (χ0v) is 23.5. The molecule has 4 saturated carbocycles. The molecule has 0 spiro atoms. The van der Waals surface area contributed by atoms with E-state index in [4.69, 9.17) is 0 Å². The first kappa shape index (κ1) is 25.0. The zero-order chi connectivity index (χ0) is 22.5. The lowest BCUT2D eigenvalue weighted by molar-refractivity contribution is 0.481. The van der Waals surface area contributed by atoms with Crippen LogP contribution < -0.4 is 0 Å². The van der Waals surface area contributed by atoms with E-state index in [1.165, 1.54) is 77.0 Å². The molecule has 2 atom stereocenters. The highest BCUT2D eigenvalue weighted by atomic mass is 31.1.